The maximum atomic E-state index is 8.81. The molecule has 0 aliphatic heterocycles. The predicted octanol–water partition coefficient (Wildman–Crippen LogP) is -2.42. The van der Waals surface area contributed by atoms with Gasteiger partial charge in [-0.25, -0.2) is 0 Å². The standard InChI is InChI=1S/C8H22N4O2/c9-3-4-12(5-7-14)8(10,11)2-1-6-13/h13-14H,1-7,9-11H2. The molecule has 0 aliphatic carbocycles. The van der Waals surface area contributed by atoms with Gasteiger partial charge in [-0.15, -0.1) is 0 Å². The monoisotopic (exact) mass is 206 g/mol. The van der Waals surface area contributed by atoms with Crippen molar-refractivity contribution in [3.05, 3.63) is 0 Å². The Morgan fingerprint density at radius 1 is 1.07 bits per heavy atom. The highest BCUT2D eigenvalue weighted by atomic mass is 16.3. The van der Waals surface area contributed by atoms with E-state index in [-0.39, 0.29) is 13.2 Å². The van der Waals surface area contributed by atoms with Gasteiger partial charge in [-0.3, -0.25) is 4.90 Å². The molecule has 0 rings (SSSR count). The van der Waals surface area contributed by atoms with Gasteiger partial charge in [0, 0.05) is 26.2 Å². The molecule has 0 saturated heterocycles. The Balaban J connectivity index is 4.13. The minimum absolute atomic E-state index is 0.00469. The van der Waals surface area contributed by atoms with Crippen molar-refractivity contribution in [2.24, 2.45) is 17.2 Å². The average molecular weight is 206 g/mol. The van der Waals surface area contributed by atoms with Gasteiger partial charge in [0.25, 0.3) is 0 Å². The molecule has 0 amide bonds. The third-order valence-corrected chi connectivity index (χ3v) is 2.09. The zero-order chi connectivity index (χ0) is 11.0. The van der Waals surface area contributed by atoms with Gasteiger partial charge in [0.15, 0.2) is 0 Å². The Hall–Kier alpha value is -0.240. The van der Waals surface area contributed by atoms with Crippen LogP contribution in [0, 0.1) is 0 Å². The molecule has 0 heterocycles. The summed E-state index contributed by atoms with van der Waals surface area (Å²) in [5, 5.41) is 17.5. The van der Waals surface area contributed by atoms with Crippen molar-refractivity contribution in [2.45, 2.75) is 18.6 Å². The lowest BCUT2D eigenvalue weighted by molar-refractivity contribution is 0.0644. The number of hydrogen-bond donors (Lipinski definition) is 5. The fourth-order valence-corrected chi connectivity index (χ4v) is 1.33. The minimum Gasteiger partial charge on any atom is -0.396 e. The Morgan fingerprint density at radius 2 is 1.71 bits per heavy atom. The second kappa shape index (κ2) is 7.10. The van der Waals surface area contributed by atoms with Crippen LogP contribution in [0.15, 0.2) is 0 Å². The molecular weight excluding hydrogens is 184 g/mol. The number of aliphatic hydroxyl groups is 2. The van der Waals surface area contributed by atoms with Crippen LogP contribution in [0.5, 0.6) is 0 Å². The summed E-state index contributed by atoms with van der Waals surface area (Å²) in [4.78, 5) is 1.72. The van der Waals surface area contributed by atoms with Crippen LogP contribution in [-0.4, -0.2) is 53.7 Å². The number of rotatable bonds is 8. The molecular formula is C8H22N4O2. The molecule has 6 heteroatoms. The first-order valence-electron chi connectivity index (χ1n) is 4.83. The van der Waals surface area contributed by atoms with Crippen LogP contribution < -0.4 is 17.2 Å². The zero-order valence-corrected chi connectivity index (χ0v) is 8.52. The molecule has 14 heavy (non-hydrogen) atoms. The van der Waals surface area contributed by atoms with Gasteiger partial charge in [0.2, 0.25) is 0 Å². The highest BCUT2D eigenvalue weighted by molar-refractivity contribution is 4.78. The molecule has 0 atom stereocenters. The summed E-state index contributed by atoms with van der Waals surface area (Å²) >= 11 is 0. The molecule has 86 valence electrons. The van der Waals surface area contributed by atoms with Crippen molar-refractivity contribution < 1.29 is 10.2 Å². The lowest BCUT2D eigenvalue weighted by Crippen LogP contribution is -2.64. The summed E-state index contributed by atoms with van der Waals surface area (Å²) in [7, 11) is 0. The molecule has 8 N–H and O–H groups in total. The summed E-state index contributed by atoms with van der Waals surface area (Å²) in [6.07, 6.45) is 1.02. The summed E-state index contributed by atoms with van der Waals surface area (Å²) in [6.45, 7) is 1.44. The number of aliphatic hydroxyl groups excluding tert-OH is 2. The van der Waals surface area contributed by atoms with E-state index in [4.69, 9.17) is 27.4 Å². The molecule has 0 aliphatic rings. The Morgan fingerprint density at radius 3 is 2.14 bits per heavy atom. The molecule has 0 radical (unpaired) electrons. The third kappa shape index (κ3) is 4.85. The average Bonchev–Trinajstić information content (AvgIpc) is 2.14. The van der Waals surface area contributed by atoms with Gasteiger partial charge in [0.05, 0.1) is 6.61 Å². The van der Waals surface area contributed by atoms with E-state index in [0.29, 0.717) is 32.5 Å². The number of nitrogens with two attached hydrogens (primary N) is 3. The molecule has 6 nitrogen and oxygen atoms in total. The van der Waals surface area contributed by atoms with Crippen LogP contribution in [0.4, 0.5) is 0 Å². The highest BCUT2D eigenvalue weighted by Crippen LogP contribution is 2.08. The van der Waals surface area contributed by atoms with Crippen molar-refractivity contribution in [1.29, 1.82) is 0 Å². The fourth-order valence-electron chi connectivity index (χ4n) is 1.33. The van der Waals surface area contributed by atoms with E-state index in [1.54, 1.807) is 4.90 Å². The summed E-state index contributed by atoms with van der Waals surface area (Å²) in [6, 6.07) is 0. The van der Waals surface area contributed by atoms with E-state index < -0.39 is 5.79 Å². The molecule has 0 fully saturated rings. The topological polar surface area (TPSA) is 122 Å². The quantitative estimate of drug-likeness (QED) is 0.282. The molecule has 0 spiro atoms. The second-order valence-corrected chi connectivity index (χ2v) is 3.32. The largest absolute Gasteiger partial charge is 0.396 e. The summed E-state index contributed by atoms with van der Waals surface area (Å²) in [5.41, 5.74) is 17.1. The van der Waals surface area contributed by atoms with E-state index >= 15 is 0 Å². The lowest BCUT2D eigenvalue weighted by Gasteiger charge is -2.37. The van der Waals surface area contributed by atoms with Gasteiger partial charge in [-0.05, 0) is 12.8 Å². The molecule has 0 saturated carbocycles. The molecule has 0 aromatic carbocycles. The van der Waals surface area contributed by atoms with E-state index in [9.17, 15) is 0 Å². The minimum atomic E-state index is -0.995. The van der Waals surface area contributed by atoms with Crippen LogP contribution in [-0.2, 0) is 0 Å². The molecule has 0 aromatic rings. The van der Waals surface area contributed by atoms with Gasteiger partial charge in [0.1, 0.15) is 5.79 Å². The van der Waals surface area contributed by atoms with Gasteiger partial charge in [-0.2, -0.15) is 0 Å². The first kappa shape index (κ1) is 13.8. The van der Waals surface area contributed by atoms with Crippen molar-refractivity contribution in [2.75, 3.05) is 32.8 Å². The van der Waals surface area contributed by atoms with Crippen molar-refractivity contribution in [1.82, 2.24) is 4.90 Å². The number of nitrogens with zero attached hydrogens (tertiary/aromatic N) is 1. The predicted molar refractivity (Wildman–Crippen MR) is 55.1 cm³/mol. The Bertz CT molecular complexity index is 137. The summed E-state index contributed by atoms with van der Waals surface area (Å²) < 4.78 is 0. The fraction of sp³-hybridized carbons (Fsp3) is 1.00. The molecule has 0 bridgehead atoms. The van der Waals surface area contributed by atoms with E-state index in [1.807, 2.05) is 0 Å². The lowest BCUT2D eigenvalue weighted by atomic mass is 10.1. The van der Waals surface area contributed by atoms with Crippen LogP contribution in [0.1, 0.15) is 12.8 Å². The maximum absolute atomic E-state index is 8.81. The highest BCUT2D eigenvalue weighted by Gasteiger charge is 2.26. The van der Waals surface area contributed by atoms with Gasteiger partial charge in [-0.1, -0.05) is 0 Å². The van der Waals surface area contributed by atoms with E-state index in [0.717, 1.165) is 0 Å². The first-order valence-corrected chi connectivity index (χ1v) is 4.83. The Labute approximate surface area is 84.7 Å². The van der Waals surface area contributed by atoms with Crippen LogP contribution in [0.25, 0.3) is 0 Å². The third-order valence-electron chi connectivity index (χ3n) is 2.09. The normalized spacial score (nSPS) is 12.4. The Kier molecular flexibility index (Phi) is 6.98. The smallest absolute Gasteiger partial charge is 0.121 e. The van der Waals surface area contributed by atoms with Crippen molar-refractivity contribution in [3.8, 4) is 0 Å². The van der Waals surface area contributed by atoms with Crippen LogP contribution in [0.2, 0.25) is 0 Å². The first-order chi connectivity index (χ1) is 6.58. The SMILES string of the molecule is NCCN(CCO)C(N)(N)CCCO. The van der Waals surface area contributed by atoms with Gasteiger partial charge < -0.3 is 27.4 Å². The van der Waals surface area contributed by atoms with Gasteiger partial charge >= 0.3 is 0 Å². The van der Waals surface area contributed by atoms with Crippen LogP contribution in [0.3, 0.4) is 0 Å². The van der Waals surface area contributed by atoms with E-state index in [1.165, 1.54) is 0 Å². The maximum Gasteiger partial charge on any atom is 0.121 e. The summed E-state index contributed by atoms with van der Waals surface area (Å²) in [5.74, 6) is -0.995. The van der Waals surface area contributed by atoms with Crippen molar-refractivity contribution in [3.63, 3.8) is 0 Å². The van der Waals surface area contributed by atoms with Crippen molar-refractivity contribution >= 4 is 0 Å². The second-order valence-electron chi connectivity index (χ2n) is 3.32. The zero-order valence-electron chi connectivity index (χ0n) is 8.52. The van der Waals surface area contributed by atoms with Crippen LogP contribution >= 0.6 is 0 Å². The molecule has 0 unspecified atom stereocenters. The number of hydrogen-bond acceptors (Lipinski definition) is 6. The van der Waals surface area contributed by atoms with E-state index in [2.05, 4.69) is 0 Å². The molecule has 0 aromatic heterocycles.